The summed E-state index contributed by atoms with van der Waals surface area (Å²) in [6.07, 6.45) is 2.02. The fourth-order valence-corrected chi connectivity index (χ4v) is 2.43. The molecule has 2 rings (SSSR count). The van der Waals surface area contributed by atoms with Crippen molar-refractivity contribution in [3.8, 4) is 23.3 Å². The van der Waals surface area contributed by atoms with Gasteiger partial charge in [0.25, 0.3) is 11.8 Å². The molecule has 0 aliphatic carbocycles. The van der Waals surface area contributed by atoms with Crippen molar-refractivity contribution < 1.29 is 27.0 Å². The molecule has 0 unspecified atom stereocenters. The summed E-state index contributed by atoms with van der Waals surface area (Å²) in [5, 5.41) is 0. The average Bonchev–Trinajstić information content (AvgIpc) is 2.48. The first-order chi connectivity index (χ1) is 11.2. The lowest BCUT2D eigenvalue weighted by atomic mass is 10.3. The Labute approximate surface area is 139 Å². The molecule has 0 aliphatic rings. The topological polar surface area (TPSA) is 87.6 Å². The number of ether oxygens (including phenoxy) is 3. The van der Waals surface area contributed by atoms with Crippen molar-refractivity contribution in [2.24, 2.45) is 0 Å². The zero-order chi connectivity index (χ0) is 17.9. The molecule has 0 amide bonds. The lowest BCUT2D eigenvalue weighted by molar-refractivity contribution is 0.215. The summed E-state index contributed by atoms with van der Waals surface area (Å²) in [6, 6.07) is 3.33. The van der Waals surface area contributed by atoms with E-state index in [0.717, 1.165) is 12.3 Å². The minimum absolute atomic E-state index is 0.0471. The molecule has 0 spiro atoms. The van der Waals surface area contributed by atoms with E-state index in [4.69, 9.17) is 14.2 Å². The van der Waals surface area contributed by atoms with Crippen LogP contribution in [0.3, 0.4) is 0 Å². The van der Waals surface area contributed by atoms with Crippen molar-refractivity contribution in [2.75, 3.05) is 13.4 Å². The molecule has 7 nitrogen and oxygen atoms in total. The predicted octanol–water partition coefficient (Wildman–Crippen LogP) is 2.61. The molecule has 130 valence electrons. The van der Waals surface area contributed by atoms with Gasteiger partial charge in [-0.1, -0.05) is 0 Å². The number of nitrogens with zero attached hydrogens (tertiary/aromatic N) is 2. The van der Waals surface area contributed by atoms with Crippen LogP contribution in [-0.2, 0) is 9.84 Å². The highest BCUT2D eigenvalue weighted by Crippen LogP contribution is 2.37. The van der Waals surface area contributed by atoms with Gasteiger partial charge in [0.2, 0.25) is 5.75 Å². The minimum atomic E-state index is -3.51. The van der Waals surface area contributed by atoms with Crippen LogP contribution in [0.2, 0.25) is 0 Å². The number of halogens is 1. The first kappa shape index (κ1) is 17.9. The zero-order valence-corrected chi connectivity index (χ0v) is 14.4. The first-order valence-electron chi connectivity index (χ1n) is 6.95. The van der Waals surface area contributed by atoms with Crippen LogP contribution in [-0.4, -0.2) is 37.9 Å². The van der Waals surface area contributed by atoms with Gasteiger partial charge in [0.05, 0.1) is 18.1 Å². The van der Waals surface area contributed by atoms with Gasteiger partial charge in [-0.25, -0.2) is 12.8 Å². The maximum atomic E-state index is 14.1. The maximum Gasteiger partial charge on any atom is 0.270 e. The smallest absolute Gasteiger partial charge is 0.270 e. The largest absolute Gasteiger partial charge is 0.487 e. The third-order valence-corrected chi connectivity index (χ3v) is 3.94. The van der Waals surface area contributed by atoms with E-state index in [0.29, 0.717) is 0 Å². The monoisotopic (exact) mass is 356 g/mol. The zero-order valence-electron chi connectivity index (χ0n) is 13.6. The molecule has 1 aromatic carbocycles. The summed E-state index contributed by atoms with van der Waals surface area (Å²) < 4.78 is 53.0. The van der Waals surface area contributed by atoms with Gasteiger partial charge < -0.3 is 14.2 Å². The van der Waals surface area contributed by atoms with E-state index in [-0.39, 0.29) is 34.3 Å². The molecule has 24 heavy (non-hydrogen) atoms. The number of rotatable bonds is 6. The highest BCUT2D eigenvalue weighted by Gasteiger charge is 2.19. The highest BCUT2D eigenvalue weighted by molar-refractivity contribution is 7.90. The summed E-state index contributed by atoms with van der Waals surface area (Å²) >= 11 is 0. The van der Waals surface area contributed by atoms with Crippen molar-refractivity contribution in [3.05, 3.63) is 30.3 Å². The van der Waals surface area contributed by atoms with Gasteiger partial charge in [-0.2, -0.15) is 9.97 Å². The molecule has 9 heteroatoms. The van der Waals surface area contributed by atoms with Crippen molar-refractivity contribution in [1.82, 2.24) is 9.97 Å². The Morgan fingerprint density at radius 1 is 1.17 bits per heavy atom. The van der Waals surface area contributed by atoms with Crippen LogP contribution >= 0.6 is 0 Å². The lowest BCUT2D eigenvalue weighted by Crippen LogP contribution is -2.09. The molecule has 0 aliphatic heterocycles. The van der Waals surface area contributed by atoms with Crippen molar-refractivity contribution >= 4 is 9.84 Å². The summed E-state index contributed by atoms with van der Waals surface area (Å²) in [7, 11) is -2.14. The second-order valence-electron chi connectivity index (χ2n) is 5.15. The summed E-state index contributed by atoms with van der Waals surface area (Å²) in [4.78, 5) is 7.70. The standard InChI is InChI=1S/C15H17FN2O5S/c1-9(2)22-14-13(21-3)15(18-8-17-14)23-12-6-5-10(7-11(12)16)24(4,19)20/h5-9H,1-4H3. The SMILES string of the molecule is COc1c(Oc2ccc(S(C)(=O)=O)cc2F)ncnc1OC(C)C. The minimum Gasteiger partial charge on any atom is -0.487 e. The Balaban J connectivity index is 2.38. The molecule has 2 aromatic rings. The van der Waals surface area contributed by atoms with Crippen LogP contribution in [0, 0.1) is 5.82 Å². The van der Waals surface area contributed by atoms with Crippen LogP contribution in [0.25, 0.3) is 0 Å². The Morgan fingerprint density at radius 2 is 1.83 bits per heavy atom. The Kier molecular flexibility index (Phi) is 5.23. The molecule has 0 radical (unpaired) electrons. The molecule has 0 atom stereocenters. The second-order valence-corrected chi connectivity index (χ2v) is 7.17. The average molecular weight is 356 g/mol. The molecule has 0 saturated heterocycles. The molecule has 0 bridgehead atoms. The number of aromatic nitrogens is 2. The fraction of sp³-hybridized carbons (Fsp3) is 0.333. The van der Waals surface area contributed by atoms with Crippen LogP contribution in [0.4, 0.5) is 4.39 Å². The highest BCUT2D eigenvalue weighted by atomic mass is 32.2. The second kappa shape index (κ2) is 7.00. The first-order valence-corrected chi connectivity index (χ1v) is 8.84. The summed E-state index contributed by atoms with van der Waals surface area (Å²) in [5.41, 5.74) is 0. The molecule has 0 N–H and O–H groups in total. The number of sulfone groups is 1. The molecule has 0 fully saturated rings. The normalized spacial score (nSPS) is 11.4. The van der Waals surface area contributed by atoms with Crippen LogP contribution in [0.1, 0.15) is 13.8 Å². The van der Waals surface area contributed by atoms with E-state index in [2.05, 4.69) is 9.97 Å². The predicted molar refractivity (Wildman–Crippen MR) is 83.9 cm³/mol. The molecule has 0 saturated carbocycles. The Bertz CT molecular complexity index is 840. The van der Waals surface area contributed by atoms with E-state index >= 15 is 0 Å². The quantitative estimate of drug-likeness (QED) is 0.786. The van der Waals surface area contributed by atoms with E-state index in [1.165, 1.54) is 25.6 Å². The van der Waals surface area contributed by atoms with Crippen molar-refractivity contribution in [1.29, 1.82) is 0 Å². The van der Waals surface area contributed by atoms with E-state index in [1.807, 2.05) is 13.8 Å². The van der Waals surface area contributed by atoms with Gasteiger partial charge in [-0.05, 0) is 32.0 Å². The van der Waals surface area contributed by atoms with Crippen LogP contribution < -0.4 is 14.2 Å². The van der Waals surface area contributed by atoms with Gasteiger partial charge in [0, 0.05) is 6.26 Å². The molecular weight excluding hydrogens is 339 g/mol. The number of hydrogen-bond donors (Lipinski definition) is 0. The third kappa shape index (κ3) is 4.10. The van der Waals surface area contributed by atoms with Gasteiger partial charge in [0.1, 0.15) is 6.33 Å². The van der Waals surface area contributed by atoms with E-state index < -0.39 is 15.7 Å². The fourth-order valence-electron chi connectivity index (χ4n) is 1.80. The number of benzene rings is 1. The Hall–Kier alpha value is -2.42. The molecular formula is C15H17FN2O5S. The van der Waals surface area contributed by atoms with Gasteiger partial charge in [-0.15, -0.1) is 0 Å². The summed E-state index contributed by atoms with van der Waals surface area (Å²) in [5.74, 6) is -0.822. The van der Waals surface area contributed by atoms with Crippen LogP contribution in [0.5, 0.6) is 23.3 Å². The lowest BCUT2D eigenvalue weighted by Gasteiger charge is -2.14. The van der Waals surface area contributed by atoms with Gasteiger partial charge in [0.15, 0.2) is 21.4 Å². The Morgan fingerprint density at radius 3 is 2.38 bits per heavy atom. The molecule has 1 aromatic heterocycles. The van der Waals surface area contributed by atoms with Crippen molar-refractivity contribution in [2.45, 2.75) is 24.8 Å². The van der Waals surface area contributed by atoms with Gasteiger partial charge in [-0.3, -0.25) is 0 Å². The van der Waals surface area contributed by atoms with E-state index in [1.54, 1.807) is 0 Å². The van der Waals surface area contributed by atoms with Crippen molar-refractivity contribution in [3.63, 3.8) is 0 Å². The maximum absolute atomic E-state index is 14.1. The van der Waals surface area contributed by atoms with Crippen LogP contribution in [0.15, 0.2) is 29.4 Å². The number of hydrogen-bond acceptors (Lipinski definition) is 7. The van der Waals surface area contributed by atoms with Gasteiger partial charge >= 0.3 is 0 Å². The number of methoxy groups -OCH3 is 1. The molecule has 1 heterocycles. The van der Waals surface area contributed by atoms with E-state index in [9.17, 15) is 12.8 Å². The summed E-state index contributed by atoms with van der Waals surface area (Å²) in [6.45, 7) is 3.62. The third-order valence-electron chi connectivity index (χ3n) is 2.83.